The van der Waals surface area contributed by atoms with Crippen molar-refractivity contribution in [2.45, 2.75) is 320 Å². The number of imidazole rings is 1. The zero-order valence-electron chi connectivity index (χ0n) is 66.6. The first-order valence-corrected chi connectivity index (χ1v) is 39.3. The van der Waals surface area contributed by atoms with Gasteiger partial charge in [0.25, 0.3) is 0 Å². The normalized spacial score (nSPS) is 22.7. The van der Waals surface area contributed by atoms with E-state index in [4.69, 9.17) is 40.9 Å². The van der Waals surface area contributed by atoms with E-state index < -0.39 is 186 Å². The van der Waals surface area contributed by atoms with Crippen LogP contribution in [0.2, 0.25) is 0 Å². The minimum Gasteiger partial charge on any atom is -0.459 e. The lowest BCUT2D eigenvalue weighted by atomic mass is 9.75. The van der Waals surface area contributed by atoms with Gasteiger partial charge in [0.1, 0.15) is 48.0 Å². The van der Waals surface area contributed by atoms with E-state index in [-0.39, 0.29) is 93.0 Å². The molecule has 2 heterocycles. The molecule has 8 amide bonds. The van der Waals surface area contributed by atoms with Crippen molar-refractivity contribution in [1.29, 1.82) is 0 Å². The summed E-state index contributed by atoms with van der Waals surface area (Å²) >= 11 is 0. The fourth-order valence-electron chi connectivity index (χ4n) is 14.1. The Morgan fingerprint density at radius 1 is 0.649 bits per heavy atom. The second-order valence-electron chi connectivity index (χ2n) is 30.7. The van der Waals surface area contributed by atoms with Crippen LogP contribution in [-0.2, 0) is 92.4 Å². The van der Waals surface area contributed by atoms with Crippen LogP contribution in [0.15, 0.2) is 35.3 Å². The first-order valence-electron chi connectivity index (χ1n) is 39.3. The fraction of sp³-hybridized carbons (Fsp3) is 0.740. The minimum atomic E-state index is -2.70. The van der Waals surface area contributed by atoms with E-state index in [0.717, 1.165) is 78.1 Å². The molecule has 0 aromatic carbocycles. The number of amides is 8. The third-order valence-electron chi connectivity index (χ3n) is 20.5. The maximum absolute atomic E-state index is 14.3. The van der Waals surface area contributed by atoms with Crippen LogP contribution >= 0.6 is 0 Å². The van der Waals surface area contributed by atoms with Gasteiger partial charge in [-0.2, -0.15) is 0 Å². The zero-order valence-corrected chi connectivity index (χ0v) is 66.6. The Morgan fingerprint density at radius 2 is 1.14 bits per heavy atom. The number of aromatic nitrogens is 2. The highest BCUT2D eigenvalue weighted by Crippen LogP contribution is 2.58. The van der Waals surface area contributed by atoms with Crippen LogP contribution in [0, 0.1) is 17.8 Å². The largest absolute Gasteiger partial charge is 0.459 e. The summed E-state index contributed by atoms with van der Waals surface area (Å²) in [5, 5.41) is 63.1. The highest BCUT2D eigenvalue weighted by molar-refractivity contribution is 5.98. The Balaban J connectivity index is 1.33. The number of unbranched alkanes of at least 4 members (excludes halogenated alkanes) is 13. The molecule has 0 unspecified atom stereocenters. The van der Waals surface area contributed by atoms with Crippen LogP contribution in [0.5, 0.6) is 0 Å². The van der Waals surface area contributed by atoms with Gasteiger partial charge in [-0.25, -0.2) is 14.6 Å². The maximum Gasteiger partial charge on any atom is 0.341 e. The molecule has 1 aromatic rings. The Morgan fingerprint density at radius 3 is 1.64 bits per heavy atom. The van der Waals surface area contributed by atoms with Crippen molar-refractivity contribution < 1.29 is 106 Å². The van der Waals surface area contributed by atoms with Crippen LogP contribution < -0.4 is 54.4 Å². The Kier molecular flexibility index (Phi) is 39.8. The summed E-state index contributed by atoms with van der Waals surface area (Å²) in [6, 6.07) is -9.66. The molecule has 111 heavy (non-hydrogen) atoms. The van der Waals surface area contributed by atoms with E-state index in [1.54, 1.807) is 27.7 Å². The smallest absolute Gasteiger partial charge is 0.341 e. The number of nitrogens with zero attached hydrogens (tertiary/aromatic N) is 1. The lowest BCUT2D eigenvalue weighted by molar-refractivity contribution is -0.212. The van der Waals surface area contributed by atoms with Gasteiger partial charge in [0.15, 0.2) is 29.5 Å². The number of hydrogen-bond donors (Lipinski definition) is 15. The van der Waals surface area contributed by atoms with Crippen molar-refractivity contribution in [2.75, 3.05) is 26.3 Å². The first-order chi connectivity index (χ1) is 52.4. The number of fused-ring (bicyclic) bond motifs is 3. The number of hydrogen-bond acceptors (Lipinski definition) is 25. The predicted molar refractivity (Wildman–Crippen MR) is 404 cm³/mol. The molecule has 18 N–H and O–H groups in total. The molecule has 0 spiro atoms. The SMILES string of the molecule is C/C=C(/C)C(=O)O[C@@H]1C(C)=C2[C@H]3OC(=O)[C@](C)(O)[C@]3(O)[C@H](OC(=O)CCCCCCCCCCCNC(=O)[C@H](CC(C)C)NC(=O)[C@H](CCC(N)=O)NC(=O)[C@H](CC(C)C)NC(=O)[C@H](CCCCN)NC(=O)[C@H](CO)NC(=O)[C@H](CO)NC(=O)[C@@H](N)Cc3cnc[nH]3)C[C@@](C)(OC(C)=O)[C@@H]2[C@H]1OC(=O)CCCCCCC. The summed E-state index contributed by atoms with van der Waals surface area (Å²) < 4.78 is 30.2. The van der Waals surface area contributed by atoms with Crippen molar-refractivity contribution in [3.63, 3.8) is 0 Å². The second-order valence-corrected chi connectivity index (χ2v) is 30.7. The van der Waals surface area contributed by atoms with Gasteiger partial charge in [0, 0.05) is 63.0 Å². The molecule has 34 nitrogen and oxygen atoms in total. The van der Waals surface area contributed by atoms with Crippen molar-refractivity contribution in [3.8, 4) is 0 Å². The molecule has 0 radical (unpaired) electrons. The number of primary amides is 1. The number of carbonyl (C=O) groups excluding carboxylic acids is 13. The number of allylic oxidation sites excluding steroid dienone is 1. The number of aliphatic hydroxyl groups excluding tert-OH is 2. The molecule has 626 valence electrons. The van der Waals surface area contributed by atoms with Crippen LogP contribution in [0.4, 0.5) is 0 Å². The Hall–Kier alpha value is -8.44. The molecular formula is C77H126N12O22. The third kappa shape index (κ3) is 28.6. The molecule has 34 heteroatoms. The van der Waals surface area contributed by atoms with Gasteiger partial charge in [-0.15, -0.1) is 0 Å². The molecule has 2 aliphatic carbocycles. The van der Waals surface area contributed by atoms with Crippen LogP contribution in [0.3, 0.4) is 0 Å². The molecule has 1 aliphatic heterocycles. The number of aliphatic hydroxyl groups is 4. The van der Waals surface area contributed by atoms with E-state index >= 15 is 0 Å². The number of nitrogens with two attached hydrogens (primary N) is 3. The fourth-order valence-corrected chi connectivity index (χ4v) is 14.1. The quantitative estimate of drug-likeness (QED) is 0.0145. The van der Waals surface area contributed by atoms with Crippen molar-refractivity contribution in [3.05, 3.63) is 41.0 Å². The summed E-state index contributed by atoms with van der Waals surface area (Å²) in [6.45, 7) is 16.3. The molecule has 2 fully saturated rings. The Bertz CT molecular complexity index is 3350. The number of aromatic amines is 1. The van der Waals surface area contributed by atoms with Crippen molar-refractivity contribution in [1.82, 2.24) is 47.2 Å². The lowest BCUT2D eigenvalue weighted by Gasteiger charge is -2.41. The van der Waals surface area contributed by atoms with Gasteiger partial charge >= 0.3 is 29.8 Å². The number of esters is 5. The number of H-pyrrole nitrogens is 1. The first kappa shape index (κ1) is 94.9. The van der Waals surface area contributed by atoms with Crippen LogP contribution in [0.1, 0.15) is 236 Å². The van der Waals surface area contributed by atoms with Crippen LogP contribution in [-0.4, -0.2) is 217 Å². The molecule has 0 bridgehead atoms. The summed E-state index contributed by atoms with van der Waals surface area (Å²) in [4.78, 5) is 183. The molecule has 15 atom stereocenters. The maximum atomic E-state index is 14.3. The van der Waals surface area contributed by atoms with Crippen molar-refractivity contribution in [2.24, 2.45) is 35.0 Å². The van der Waals surface area contributed by atoms with E-state index in [2.05, 4.69) is 54.1 Å². The van der Waals surface area contributed by atoms with E-state index in [1.165, 1.54) is 32.4 Å². The number of carbonyl (C=O) groups is 13. The molecule has 4 rings (SSSR count). The number of rotatable bonds is 51. The molecular weight excluding hydrogens is 1440 g/mol. The molecule has 1 saturated heterocycles. The summed E-state index contributed by atoms with van der Waals surface area (Å²) in [6.07, 6.45) is 8.46. The van der Waals surface area contributed by atoms with Crippen LogP contribution in [0.25, 0.3) is 0 Å². The van der Waals surface area contributed by atoms with Gasteiger partial charge in [0.2, 0.25) is 47.3 Å². The minimum absolute atomic E-state index is 0.0122. The summed E-state index contributed by atoms with van der Waals surface area (Å²) in [5.74, 6) is -12.4. The number of nitrogens with one attached hydrogen (secondary N) is 8. The van der Waals surface area contributed by atoms with Gasteiger partial charge in [0.05, 0.1) is 31.5 Å². The standard InChI is InChI=1S/C77H126N12O22/c1-12-14-15-21-24-31-60(95)108-64-62-61(47(8)63(64)109-73(103)46(7)13-2)65-77(106,76(11,105)74(104)110-65)57(39-75(62,10)111-48(9)92)107-59(94)30-25-22-19-17-16-18-20-23-28-35-82-67(97)53(36-44(3)4)86-69(99)52(32-33-58(80)93)85-70(100)54(37-45(5)6)87-68(98)51(29-26-27-34-78)84-71(101)56(42-91)89-72(102)55(41-90)88-66(96)50(79)38-49-40-81-43-83-49/h13,40,43-45,50-57,62-65,90-91,105-106H,12,14-39,41-42,78-79H2,1-11H3,(H2,80,93)(H,81,83)(H,82,97)(H,84,101)(H,85,100)(H,86,99)(H,87,98)(H,88,96)(H,89,102)/b46-13-/t50-,51-,52-,53-,54-,55-,56-,57+,62-,63+,64+,65+,75+,76-,77-/m0/s1. The zero-order chi connectivity index (χ0) is 82.9. The molecule has 3 aliphatic rings. The van der Waals surface area contributed by atoms with E-state index in [0.29, 0.717) is 44.2 Å². The van der Waals surface area contributed by atoms with Gasteiger partial charge in [-0.1, -0.05) is 111 Å². The third-order valence-corrected chi connectivity index (χ3v) is 20.5. The van der Waals surface area contributed by atoms with Gasteiger partial charge in [-0.3, -0.25) is 52.7 Å². The molecule has 1 saturated carbocycles. The topological polar surface area (TPSA) is 540 Å². The average molecular weight is 1570 g/mol. The number of ether oxygens (including phenoxy) is 5. The highest BCUT2D eigenvalue weighted by atomic mass is 16.6. The highest BCUT2D eigenvalue weighted by Gasteiger charge is 2.76. The van der Waals surface area contributed by atoms with Gasteiger partial charge < -0.3 is 104 Å². The van der Waals surface area contributed by atoms with Crippen molar-refractivity contribution >= 4 is 77.1 Å². The van der Waals surface area contributed by atoms with E-state index in [9.17, 15) is 82.8 Å². The average Bonchev–Trinajstić information content (AvgIpc) is 1.52. The summed E-state index contributed by atoms with van der Waals surface area (Å²) in [7, 11) is 0. The Labute approximate surface area is 650 Å². The second kappa shape index (κ2) is 46.5. The molecule has 1 aromatic heterocycles. The van der Waals surface area contributed by atoms with Gasteiger partial charge in [-0.05, 0) is 122 Å². The van der Waals surface area contributed by atoms with E-state index in [1.807, 2.05) is 13.8 Å². The monoisotopic (exact) mass is 1570 g/mol. The predicted octanol–water partition coefficient (Wildman–Crippen LogP) is 1.82. The summed E-state index contributed by atoms with van der Waals surface area (Å²) in [5.41, 5.74) is 11.1. The lowest BCUT2D eigenvalue weighted by Crippen LogP contribution is -2.64.